The number of nitrogens with zero attached hydrogens (tertiary/aromatic N) is 1. The normalized spacial score (nSPS) is 15.0. The summed E-state index contributed by atoms with van der Waals surface area (Å²) in [4.78, 5) is 29.6. The zero-order valence-corrected chi connectivity index (χ0v) is 18.6. The molecule has 4 rings (SSSR count). The number of carbonyl (C=O) groups excluding carboxylic acids is 2. The van der Waals surface area contributed by atoms with Crippen LogP contribution in [-0.4, -0.2) is 22.8 Å². The van der Waals surface area contributed by atoms with Gasteiger partial charge in [-0.15, -0.1) is 11.3 Å². The van der Waals surface area contributed by atoms with Crippen molar-refractivity contribution in [2.75, 3.05) is 0 Å². The van der Waals surface area contributed by atoms with Crippen LogP contribution in [0.2, 0.25) is 0 Å². The molecular weight excluding hydrogens is 408 g/mol. The largest absolute Gasteiger partial charge is 0.464 e. The molecule has 1 aliphatic rings. The molecule has 31 heavy (non-hydrogen) atoms. The van der Waals surface area contributed by atoms with Crippen LogP contribution in [0.1, 0.15) is 53.7 Å². The van der Waals surface area contributed by atoms with Gasteiger partial charge in [-0.3, -0.25) is 9.59 Å². The summed E-state index contributed by atoms with van der Waals surface area (Å²) < 4.78 is 5.88. The first-order valence-electron chi connectivity index (χ1n) is 10.8. The molecule has 1 atom stereocenters. The third-order valence-electron chi connectivity index (χ3n) is 5.71. The third kappa shape index (κ3) is 5.44. The molecule has 2 amide bonds. The van der Waals surface area contributed by atoms with Crippen LogP contribution >= 0.6 is 11.3 Å². The second-order valence-electron chi connectivity index (χ2n) is 8.10. The Kier molecular flexibility index (Phi) is 6.87. The molecule has 0 aliphatic heterocycles. The number of benzene rings is 1. The highest BCUT2D eigenvalue weighted by Gasteiger charge is 2.35. The lowest BCUT2D eigenvalue weighted by Gasteiger charge is -2.31. The molecule has 1 N–H and O–H groups in total. The summed E-state index contributed by atoms with van der Waals surface area (Å²) in [5.41, 5.74) is 0.976. The Bertz CT molecular complexity index is 991. The van der Waals surface area contributed by atoms with E-state index in [-0.39, 0.29) is 24.3 Å². The van der Waals surface area contributed by atoms with Crippen LogP contribution in [0.4, 0.5) is 0 Å². The summed E-state index contributed by atoms with van der Waals surface area (Å²) in [6.45, 7) is 2.19. The molecule has 0 radical (unpaired) electrons. The Balaban J connectivity index is 1.66. The maximum atomic E-state index is 13.5. The van der Waals surface area contributed by atoms with E-state index in [1.54, 1.807) is 16.2 Å². The first-order valence-corrected chi connectivity index (χ1v) is 11.7. The lowest BCUT2D eigenvalue weighted by molar-refractivity contribution is -0.142. The SMILES string of the molecule is Cc1ccc([C@H](C(=O)NC2CCCC2)N(Cc2ccccc2)C(=O)Cc2cccs2)o1. The van der Waals surface area contributed by atoms with Crippen molar-refractivity contribution in [3.05, 3.63) is 81.9 Å². The molecule has 0 bridgehead atoms. The first kappa shape index (κ1) is 21.4. The van der Waals surface area contributed by atoms with Gasteiger partial charge in [-0.1, -0.05) is 49.2 Å². The van der Waals surface area contributed by atoms with Gasteiger partial charge in [0.05, 0.1) is 6.42 Å². The lowest BCUT2D eigenvalue weighted by atomic mass is 10.1. The minimum absolute atomic E-state index is 0.0908. The van der Waals surface area contributed by atoms with Gasteiger partial charge in [-0.2, -0.15) is 0 Å². The molecule has 1 saturated carbocycles. The molecule has 2 aromatic heterocycles. The van der Waals surface area contributed by atoms with E-state index < -0.39 is 6.04 Å². The summed E-state index contributed by atoms with van der Waals surface area (Å²) in [6, 6.07) is 16.7. The van der Waals surface area contributed by atoms with E-state index in [2.05, 4.69) is 5.32 Å². The molecular formula is C25H28N2O3S. The van der Waals surface area contributed by atoms with E-state index in [1.165, 1.54) is 0 Å². The van der Waals surface area contributed by atoms with Gasteiger partial charge < -0.3 is 14.6 Å². The van der Waals surface area contributed by atoms with Crippen molar-refractivity contribution in [3.63, 3.8) is 0 Å². The monoisotopic (exact) mass is 436 g/mol. The van der Waals surface area contributed by atoms with E-state index in [0.29, 0.717) is 12.3 Å². The second kappa shape index (κ2) is 9.96. The van der Waals surface area contributed by atoms with Crippen molar-refractivity contribution in [1.82, 2.24) is 10.2 Å². The summed E-state index contributed by atoms with van der Waals surface area (Å²) in [5.74, 6) is 0.964. The molecule has 3 aromatic rings. The summed E-state index contributed by atoms with van der Waals surface area (Å²) in [5, 5.41) is 5.14. The van der Waals surface area contributed by atoms with Crippen LogP contribution in [0.3, 0.4) is 0 Å². The third-order valence-corrected chi connectivity index (χ3v) is 6.59. The Morgan fingerprint density at radius 1 is 1.10 bits per heavy atom. The summed E-state index contributed by atoms with van der Waals surface area (Å²) in [7, 11) is 0. The average Bonchev–Trinajstić information content (AvgIpc) is 3.53. The Morgan fingerprint density at radius 3 is 2.52 bits per heavy atom. The predicted octanol–water partition coefficient (Wildman–Crippen LogP) is 5.02. The van der Waals surface area contributed by atoms with Crippen LogP contribution in [-0.2, 0) is 22.6 Å². The number of aryl methyl sites for hydroxylation is 1. The number of hydrogen-bond donors (Lipinski definition) is 1. The van der Waals surface area contributed by atoms with Gasteiger partial charge in [-0.25, -0.2) is 0 Å². The fourth-order valence-corrected chi connectivity index (χ4v) is 4.84. The number of rotatable bonds is 8. The molecule has 1 fully saturated rings. The van der Waals surface area contributed by atoms with Gasteiger partial charge in [0.1, 0.15) is 11.5 Å². The van der Waals surface area contributed by atoms with E-state index in [0.717, 1.165) is 41.9 Å². The molecule has 6 heteroatoms. The number of nitrogens with one attached hydrogen (secondary N) is 1. The molecule has 1 aromatic carbocycles. The number of furan rings is 1. The molecule has 0 unspecified atom stereocenters. The number of amides is 2. The molecule has 162 valence electrons. The van der Waals surface area contributed by atoms with Crippen LogP contribution in [0.25, 0.3) is 0 Å². The molecule has 1 aliphatic carbocycles. The van der Waals surface area contributed by atoms with Crippen molar-refractivity contribution in [2.45, 2.75) is 57.7 Å². The van der Waals surface area contributed by atoms with Gasteiger partial charge in [-0.05, 0) is 48.9 Å². The molecule has 2 heterocycles. The Labute approximate surface area is 187 Å². The van der Waals surface area contributed by atoms with E-state index >= 15 is 0 Å². The van der Waals surface area contributed by atoms with Crippen molar-refractivity contribution in [2.24, 2.45) is 0 Å². The molecule has 0 spiro atoms. The zero-order valence-electron chi connectivity index (χ0n) is 17.8. The van der Waals surface area contributed by atoms with Crippen LogP contribution < -0.4 is 5.32 Å². The van der Waals surface area contributed by atoms with Gasteiger partial charge in [0.25, 0.3) is 5.91 Å². The fraction of sp³-hybridized carbons (Fsp3) is 0.360. The highest BCUT2D eigenvalue weighted by atomic mass is 32.1. The number of hydrogen-bond acceptors (Lipinski definition) is 4. The molecule has 0 saturated heterocycles. The predicted molar refractivity (Wildman–Crippen MR) is 122 cm³/mol. The maximum absolute atomic E-state index is 13.5. The van der Waals surface area contributed by atoms with E-state index in [4.69, 9.17) is 4.42 Å². The lowest BCUT2D eigenvalue weighted by Crippen LogP contribution is -2.46. The quantitative estimate of drug-likeness (QED) is 0.539. The second-order valence-corrected chi connectivity index (χ2v) is 9.14. The van der Waals surface area contributed by atoms with Gasteiger partial charge in [0.2, 0.25) is 5.91 Å². The van der Waals surface area contributed by atoms with Crippen molar-refractivity contribution >= 4 is 23.2 Å². The van der Waals surface area contributed by atoms with Crippen molar-refractivity contribution in [3.8, 4) is 0 Å². The minimum atomic E-state index is -0.804. The summed E-state index contributed by atoms with van der Waals surface area (Å²) in [6.07, 6.45) is 4.48. The van der Waals surface area contributed by atoms with Crippen molar-refractivity contribution in [1.29, 1.82) is 0 Å². The van der Waals surface area contributed by atoms with Crippen LogP contribution in [0, 0.1) is 6.92 Å². The van der Waals surface area contributed by atoms with E-state index in [9.17, 15) is 9.59 Å². The first-order chi connectivity index (χ1) is 15.1. The Hall–Kier alpha value is -2.86. The van der Waals surface area contributed by atoms with Gasteiger partial charge in [0.15, 0.2) is 6.04 Å². The van der Waals surface area contributed by atoms with Crippen molar-refractivity contribution < 1.29 is 14.0 Å². The summed E-state index contributed by atoms with van der Waals surface area (Å²) >= 11 is 1.55. The Morgan fingerprint density at radius 2 is 1.87 bits per heavy atom. The number of carbonyl (C=O) groups is 2. The zero-order chi connectivity index (χ0) is 21.6. The molecule has 5 nitrogen and oxygen atoms in total. The van der Waals surface area contributed by atoms with Gasteiger partial charge >= 0.3 is 0 Å². The standard InChI is InChI=1S/C25H28N2O3S/c1-18-13-14-22(30-18)24(25(29)26-20-10-5-6-11-20)27(17-19-8-3-2-4-9-19)23(28)16-21-12-7-15-31-21/h2-4,7-9,12-15,20,24H,5-6,10-11,16-17H2,1H3,(H,26,29)/t24-/m1/s1. The highest BCUT2D eigenvalue weighted by Crippen LogP contribution is 2.28. The topological polar surface area (TPSA) is 62.6 Å². The van der Waals surface area contributed by atoms with Gasteiger partial charge in [0, 0.05) is 17.5 Å². The highest BCUT2D eigenvalue weighted by molar-refractivity contribution is 7.10. The minimum Gasteiger partial charge on any atom is -0.464 e. The van der Waals surface area contributed by atoms with E-state index in [1.807, 2.05) is 66.9 Å². The number of thiophene rings is 1. The maximum Gasteiger partial charge on any atom is 0.250 e. The fourth-order valence-electron chi connectivity index (χ4n) is 4.14. The van der Waals surface area contributed by atoms with Crippen LogP contribution in [0.15, 0.2) is 64.4 Å². The average molecular weight is 437 g/mol. The van der Waals surface area contributed by atoms with Crippen LogP contribution in [0.5, 0.6) is 0 Å². The smallest absolute Gasteiger partial charge is 0.250 e.